The maximum atomic E-state index is 12.5. The zero-order valence-corrected chi connectivity index (χ0v) is 13.6. The third-order valence-electron chi connectivity index (χ3n) is 2.75. The van der Waals surface area contributed by atoms with Crippen LogP contribution in [0.15, 0.2) is 28.1 Å². The first-order valence-electron chi connectivity index (χ1n) is 5.71. The van der Waals surface area contributed by atoms with E-state index in [-0.39, 0.29) is 5.78 Å². The molecule has 1 heterocycles. The number of carbonyl (C=O) groups excluding carboxylic acids is 1. The molecule has 106 valence electrons. The predicted molar refractivity (Wildman–Crippen MR) is 81.5 cm³/mol. The van der Waals surface area contributed by atoms with Gasteiger partial charge >= 0.3 is 0 Å². The summed E-state index contributed by atoms with van der Waals surface area (Å²) < 4.78 is 16.7. The Labute approximate surface area is 129 Å². The minimum atomic E-state index is -0.112. The average Bonchev–Trinajstić information content (AvgIpc) is 2.91. The highest BCUT2D eigenvalue weighted by Crippen LogP contribution is 2.41. The Hall–Kier alpha value is -1.53. The zero-order valence-electron chi connectivity index (χ0n) is 11.2. The van der Waals surface area contributed by atoms with Crippen LogP contribution in [0.25, 0.3) is 0 Å². The monoisotopic (exact) mass is 356 g/mol. The Morgan fingerprint density at radius 1 is 1.00 bits per heavy atom. The van der Waals surface area contributed by atoms with Crippen LogP contribution in [0, 0.1) is 0 Å². The quantitative estimate of drug-likeness (QED) is 0.765. The molecule has 0 N–H and O–H groups in total. The third-order valence-corrected chi connectivity index (χ3v) is 4.37. The summed E-state index contributed by atoms with van der Waals surface area (Å²) in [6, 6.07) is 6.98. The molecule has 0 spiro atoms. The number of rotatable bonds is 5. The second kappa shape index (κ2) is 6.28. The number of hydrogen-bond acceptors (Lipinski definition) is 5. The van der Waals surface area contributed by atoms with E-state index >= 15 is 0 Å². The molecule has 2 rings (SSSR count). The Balaban J connectivity index is 2.54. The summed E-state index contributed by atoms with van der Waals surface area (Å²) in [6.45, 7) is 0. The van der Waals surface area contributed by atoms with Crippen molar-refractivity contribution < 1.29 is 19.0 Å². The fourth-order valence-electron chi connectivity index (χ4n) is 1.85. The van der Waals surface area contributed by atoms with E-state index in [0.717, 1.165) is 3.79 Å². The molecule has 0 amide bonds. The Bertz CT molecular complexity index is 636. The van der Waals surface area contributed by atoms with Gasteiger partial charge in [-0.2, -0.15) is 0 Å². The molecule has 20 heavy (non-hydrogen) atoms. The van der Waals surface area contributed by atoms with Crippen molar-refractivity contribution >= 4 is 33.0 Å². The second-order valence-electron chi connectivity index (χ2n) is 3.81. The summed E-state index contributed by atoms with van der Waals surface area (Å²) in [6.07, 6.45) is 0. The molecule has 0 aliphatic carbocycles. The lowest BCUT2D eigenvalue weighted by atomic mass is 10.1. The Morgan fingerprint density at radius 2 is 1.70 bits per heavy atom. The SMILES string of the molecule is COc1ccc(C(=O)c2ccc(Br)s2)c(OC)c1OC. The molecule has 2 aromatic rings. The van der Waals surface area contributed by atoms with E-state index in [9.17, 15) is 4.79 Å². The topological polar surface area (TPSA) is 44.8 Å². The molecule has 0 aliphatic heterocycles. The van der Waals surface area contributed by atoms with Crippen LogP contribution >= 0.6 is 27.3 Å². The van der Waals surface area contributed by atoms with Gasteiger partial charge in [-0.1, -0.05) is 0 Å². The summed E-state index contributed by atoms with van der Waals surface area (Å²) in [5.74, 6) is 1.20. The van der Waals surface area contributed by atoms with E-state index in [1.807, 2.05) is 6.07 Å². The van der Waals surface area contributed by atoms with E-state index in [0.29, 0.717) is 27.7 Å². The summed E-state index contributed by atoms with van der Waals surface area (Å²) in [7, 11) is 4.55. The van der Waals surface area contributed by atoms with Gasteiger partial charge in [-0.3, -0.25) is 4.79 Å². The van der Waals surface area contributed by atoms with Gasteiger partial charge in [0.2, 0.25) is 11.5 Å². The normalized spacial score (nSPS) is 10.2. The van der Waals surface area contributed by atoms with E-state index in [4.69, 9.17) is 14.2 Å². The first-order valence-corrected chi connectivity index (χ1v) is 7.32. The molecular weight excluding hydrogens is 344 g/mol. The average molecular weight is 357 g/mol. The van der Waals surface area contributed by atoms with Gasteiger partial charge in [-0.05, 0) is 40.2 Å². The van der Waals surface area contributed by atoms with Crippen molar-refractivity contribution in [1.82, 2.24) is 0 Å². The minimum Gasteiger partial charge on any atom is -0.493 e. The van der Waals surface area contributed by atoms with Gasteiger partial charge in [0.25, 0.3) is 0 Å². The third kappa shape index (κ3) is 2.66. The van der Waals surface area contributed by atoms with Crippen LogP contribution in [0.2, 0.25) is 0 Å². The first-order chi connectivity index (χ1) is 9.62. The van der Waals surface area contributed by atoms with Crippen LogP contribution in [-0.4, -0.2) is 27.1 Å². The number of thiophene rings is 1. The molecule has 0 unspecified atom stereocenters. The van der Waals surface area contributed by atoms with Gasteiger partial charge in [0, 0.05) is 0 Å². The fraction of sp³-hybridized carbons (Fsp3) is 0.214. The lowest BCUT2D eigenvalue weighted by Crippen LogP contribution is -2.04. The highest BCUT2D eigenvalue weighted by atomic mass is 79.9. The zero-order chi connectivity index (χ0) is 14.7. The van der Waals surface area contributed by atoms with E-state index < -0.39 is 0 Å². The van der Waals surface area contributed by atoms with Gasteiger partial charge in [0.15, 0.2) is 11.5 Å². The molecule has 0 saturated carbocycles. The van der Waals surface area contributed by atoms with Crippen LogP contribution in [0.1, 0.15) is 15.2 Å². The smallest absolute Gasteiger partial charge is 0.206 e. The molecule has 4 nitrogen and oxygen atoms in total. The maximum Gasteiger partial charge on any atom is 0.206 e. The fourth-order valence-corrected chi connectivity index (χ4v) is 3.19. The van der Waals surface area contributed by atoms with E-state index in [1.165, 1.54) is 32.7 Å². The molecule has 0 atom stereocenters. The Morgan fingerprint density at radius 3 is 2.20 bits per heavy atom. The van der Waals surface area contributed by atoms with Crippen molar-refractivity contribution in [3.05, 3.63) is 38.5 Å². The van der Waals surface area contributed by atoms with E-state index in [2.05, 4.69) is 15.9 Å². The van der Waals surface area contributed by atoms with Crippen molar-refractivity contribution in [2.75, 3.05) is 21.3 Å². The molecule has 0 saturated heterocycles. The lowest BCUT2D eigenvalue weighted by molar-refractivity contribution is 0.103. The van der Waals surface area contributed by atoms with Crippen molar-refractivity contribution in [3.8, 4) is 17.2 Å². The standard InChI is InChI=1S/C14H13BrO4S/c1-17-9-5-4-8(13(18-2)14(9)19-3)12(16)10-6-7-11(15)20-10/h4-7H,1-3H3. The molecule has 1 aromatic heterocycles. The molecule has 6 heteroatoms. The van der Waals surface area contributed by atoms with Crippen molar-refractivity contribution in [3.63, 3.8) is 0 Å². The number of benzene rings is 1. The van der Waals surface area contributed by atoms with Crippen LogP contribution in [0.4, 0.5) is 0 Å². The number of ether oxygens (including phenoxy) is 3. The van der Waals surface area contributed by atoms with Crippen LogP contribution in [-0.2, 0) is 0 Å². The van der Waals surface area contributed by atoms with Gasteiger partial charge in [-0.15, -0.1) is 11.3 Å². The highest BCUT2D eigenvalue weighted by Gasteiger charge is 2.22. The van der Waals surface area contributed by atoms with Gasteiger partial charge in [0.1, 0.15) is 0 Å². The molecular formula is C14H13BrO4S. The Kier molecular flexibility index (Phi) is 4.67. The van der Waals surface area contributed by atoms with Crippen LogP contribution < -0.4 is 14.2 Å². The number of hydrogen-bond donors (Lipinski definition) is 0. The summed E-state index contributed by atoms with van der Waals surface area (Å²) in [5.41, 5.74) is 0.444. The minimum absolute atomic E-state index is 0.112. The number of ketones is 1. The molecule has 0 aliphatic rings. The molecule has 1 aromatic carbocycles. The van der Waals surface area contributed by atoms with Crippen LogP contribution in [0.5, 0.6) is 17.2 Å². The first kappa shape index (κ1) is 14.9. The van der Waals surface area contributed by atoms with Gasteiger partial charge in [0.05, 0.1) is 35.6 Å². The highest BCUT2D eigenvalue weighted by molar-refractivity contribution is 9.11. The van der Waals surface area contributed by atoms with Gasteiger partial charge in [-0.25, -0.2) is 0 Å². The molecule has 0 fully saturated rings. The second-order valence-corrected chi connectivity index (χ2v) is 6.28. The predicted octanol–water partition coefficient (Wildman–Crippen LogP) is 3.77. The van der Waals surface area contributed by atoms with Crippen molar-refractivity contribution in [1.29, 1.82) is 0 Å². The van der Waals surface area contributed by atoms with E-state index in [1.54, 1.807) is 18.2 Å². The largest absolute Gasteiger partial charge is 0.493 e. The molecule has 0 radical (unpaired) electrons. The lowest BCUT2D eigenvalue weighted by Gasteiger charge is -2.14. The summed E-state index contributed by atoms with van der Waals surface area (Å²) in [4.78, 5) is 13.1. The van der Waals surface area contributed by atoms with Crippen LogP contribution in [0.3, 0.4) is 0 Å². The molecule has 0 bridgehead atoms. The van der Waals surface area contributed by atoms with Gasteiger partial charge < -0.3 is 14.2 Å². The van der Waals surface area contributed by atoms with Crippen molar-refractivity contribution in [2.24, 2.45) is 0 Å². The van der Waals surface area contributed by atoms with Crippen molar-refractivity contribution in [2.45, 2.75) is 0 Å². The maximum absolute atomic E-state index is 12.5. The number of halogens is 1. The number of carbonyl (C=O) groups is 1. The number of methoxy groups -OCH3 is 3. The summed E-state index contributed by atoms with van der Waals surface area (Å²) >= 11 is 4.72. The summed E-state index contributed by atoms with van der Waals surface area (Å²) in [5, 5.41) is 0.